The number of ketones is 1. The largest absolute Gasteiger partial charge is 0.416 e. The third-order valence-electron chi connectivity index (χ3n) is 3.99. The van der Waals surface area contributed by atoms with E-state index in [9.17, 15) is 27.6 Å². The van der Waals surface area contributed by atoms with E-state index in [0.29, 0.717) is 5.56 Å². The van der Waals surface area contributed by atoms with E-state index in [0.717, 1.165) is 28.9 Å². The number of aromatic amines is 1. The molecule has 0 unspecified atom stereocenters. The number of nitrogens with one attached hydrogen (secondary N) is 2. The van der Waals surface area contributed by atoms with Crippen molar-refractivity contribution >= 4 is 17.4 Å². The number of rotatable bonds is 5. The fourth-order valence-corrected chi connectivity index (χ4v) is 2.57. The maximum absolute atomic E-state index is 12.6. The number of H-pyrrole nitrogens is 1. The first kappa shape index (κ1) is 20.1. The number of nitrogens with zero attached hydrogens (tertiary/aromatic N) is 2. The highest BCUT2D eigenvalue weighted by atomic mass is 19.4. The molecule has 0 aliphatic carbocycles. The van der Waals surface area contributed by atoms with Crippen molar-refractivity contribution in [1.82, 2.24) is 14.8 Å². The highest BCUT2D eigenvalue weighted by molar-refractivity contribution is 6.04. The summed E-state index contributed by atoms with van der Waals surface area (Å²) in [4.78, 5) is 39.7. The Labute approximate surface area is 162 Å². The van der Waals surface area contributed by atoms with Gasteiger partial charge in [0, 0.05) is 30.1 Å². The van der Waals surface area contributed by atoms with E-state index in [1.54, 1.807) is 0 Å². The second kappa shape index (κ2) is 7.74. The molecule has 150 valence electrons. The maximum Gasteiger partial charge on any atom is 0.416 e. The molecule has 0 saturated carbocycles. The molecule has 0 bridgehead atoms. The molecule has 0 saturated heterocycles. The van der Waals surface area contributed by atoms with Crippen LogP contribution in [0, 0.1) is 0 Å². The molecule has 0 spiro atoms. The molecule has 3 rings (SSSR count). The number of Topliss-reactive ketones (excluding diaryl/α,β-unsaturated/α-hetero) is 1. The van der Waals surface area contributed by atoms with E-state index in [1.807, 2.05) is 0 Å². The van der Waals surface area contributed by atoms with Gasteiger partial charge in [0.1, 0.15) is 5.78 Å². The summed E-state index contributed by atoms with van der Waals surface area (Å²) >= 11 is 0. The van der Waals surface area contributed by atoms with Gasteiger partial charge in [-0.15, -0.1) is 0 Å². The number of amides is 1. The lowest BCUT2D eigenvalue weighted by Gasteiger charge is -2.09. The van der Waals surface area contributed by atoms with Gasteiger partial charge in [0.15, 0.2) is 5.82 Å². The van der Waals surface area contributed by atoms with Gasteiger partial charge in [-0.3, -0.25) is 19.5 Å². The van der Waals surface area contributed by atoms with Gasteiger partial charge in [-0.25, -0.2) is 9.67 Å². The van der Waals surface area contributed by atoms with Crippen LogP contribution in [0.4, 0.5) is 18.9 Å². The predicted molar refractivity (Wildman–Crippen MR) is 98.0 cm³/mol. The predicted octanol–water partition coefficient (Wildman–Crippen LogP) is 2.96. The van der Waals surface area contributed by atoms with Gasteiger partial charge in [0.2, 0.25) is 0 Å². The Balaban J connectivity index is 1.73. The molecule has 0 fully saturated rings. The second-order valence-electron chi connectivity index (χ2n) is 6.25. The second-order valence-corrected chi connectivity index (χ2v) is 6.25. The molecule has 2 N–H and O–H groups in total. The van der Waals surface area contributed by atoms with Crippen LogP contribution in [0.5, 0.6) is 0 Å². The smallest absolute Gasteiger partial charge is 0.322 e. The van der Waals surface area contributed by atoms with Crippen LogP contribution in [0.1, 0.15) is 28.4 Å². The van der Waals surface area contributed by atoms with Crippen LogP contribution in [0.3, 0.4) is 0 Å². The lowest BCUT2D eigenvalue weighted by molar-refractivity contribution is -0.137. The Kier molecular flexibility index (Phi) is 5.35. The first-order chi connectivity index (χ1) is 13.6. The standard InChI is InChI=1S/C19H15F3N4O3/c1-11(27)8-13-10-24-26(18(13)29)16-7-2-12(9-23-16)17(28)25-15-5-3-14(4-6-15)19(20,21)22/h2-7,9-10,24H,8H2,1H3,(H,25,28). The minimum atomic E-state index is -4.46. The monoisotopic (exact) mass is 404 g/mol. The summed E-state index contributed by atoms with van der Waals surface area (Å²) < 4.78 is 38.9. The molecule has 7 nitrogen and oxygen atoms in total. The van der Waals surface area contributed by atoms with Gasteiger partial charge < -0.3 is 5.32 Å². The van der Waals surface area contributed by atoms with E-state index < -0.39 is 23.2 Å². The molecule has 1 aromatic carbocycles. The van der Waals surface area contributed by atoms with Crippen LogP contribution in [0.2, 0.25) is 0 Å². The number of pyridine rings is 1. The number of carbonyl (C=O) groups excluding carboxylic acids is 2. The Morgan fingerprint density at radius 2 is 1.83 bits per heavy atom. The van der Waals surface area contributed by atoms with E-state index in [4.69, 9.17) is 0 Å². The first-order valence-electron chi connectivity index (χ1n) is 8.39. The van der Waals surface area contributed by atoms with Gasteiger partial charge in [0.05, 0.1) is 11.1 Å². The van der Waals surface area contributed by atoms with Crippen LogP contribution < -0.4 is 10.9 Å². The summed E-state index contributed by atoms with van der Waals surface area (Å²) in [7, 11) is 0. The number of alkyl halides is 3. The number of anilines is 1. The lowest BCUT2D eigenvalue weighted by Crippen LogP contribution is -2.20. The fourth-order valence-electron chi connectivity index (χ4n) is 2.57. The number of carbonyl (C=O) groups is 2. The zero-order chi connectivity index (χ0) is 21.2. The Morgan fingerprint density at radius 3 is 2.38 bits per heavy atom. The first-order valence-corrected chi connectivity index (χ1v) is 8.39. The molecular formula is C19H15F3N4O3. The van der Waals surface area contributed by atoms with Crippen molar-refractivity contribution in [3.63, 3.8) is 0 Å². The molecular weight excluding hydrogens is 389 g/mol. The maximum atomic E-state index is 12.6. The van der Waals surface area contributed by atoms with Crippen LogP contribution >= 0.6 is 0 Å². The van der Waals surface area contributed by atoms with Crippen molar-refractivity contribution in [3.05, 3.63) is 75.8 Å². The van der Waals surface area contributed by atoms with Crippen molar-refractivity contribution in [2.45, 2.75) is 19.5 Å². The average molecular weight is 404 g/mol. The normalized spacial score (nSPS) is 11.3. The Morgan fingerprint density at radius 1 is 1.14 bits per heavy atom. The topological polar surface area (TPSA) is 96.8 Å². The van der Waals surface area contributed by atoms with E-state index in [1.165, 1.54) is 31.5 Å². The number of halogens is 3. The minimum absolute atomic E-state index is 0.00402. The zero-order valence-electron chi connectivity index (χ0n) is 15.1. The van der Waals surface area contributed by atoms with Crippen LogP contribution in [0.15, 0.2) is 53.6 Å². The molecule has 2 heterocycles. The summed E-state index contributed by atoms with van der Waals surface area (Å²) in [6.45, 7) is 1.37. The van der Waals surface area contributed by atoms with Gasteiger partial charge in [-0.1, -0.05) is 0 Å². The molecule has 3 aromatic rings. The van der Waals surface area contributed by atoms with Gasteiger partial charge in [0.25, 0.3) is 11.5 Å². The van der Waals surface area contributed by atoms with E-state index >= 15 is 0 Å². The van der Waals surface area contributed by atoms with E-state index in [2.05, 4.69) is 15.4 Å². The summed E-state index contributed by atoms with van der Waals surface area (Å²) in [6, 6.07) is 6.88. The fraction of sp³-hybridized carbons (Fsp3) is 0.158. The van der Waals surface area contributed by atoms with Crippen molar-refractivity contribution in [2.24, 2.45) is 0 Å². The van der Waals surface area contributed by atoms with Crippen molar-refractivity contribution in [2.75, 3.05) is 5.32 Å². The van der Waals surface area contributed by atoms with Gasteiger partial charge >= 0.3 is 6.18 Å². The van der Waals surface area contributed by atoms with E-state index in [-0.39, 0.29) is 29.3 Å². The summed E-state index contributed by atoms with van der Waals surface area (Å²) in [5, 5.41) is 5.17. The van der Waals surface area contributed by atoms with Gasteiger partial charge in [-0.05, 0) is 43.3 Å². The molecule has 0 aliphatic heterocycles. The quantitative estimate of drug-likeness (QED) is 0.683. The van der Waals surface area contributed by atoms with Crippen molar-refractivity contribution in [3.8, 4) is 5.82 Å². The van der Waals surface area contributed by atoms with Crippen molar-refractivity contribution in [1.29, 1.82) is 0 Å². The van der Waals surface area contributed by atoms with Crippen molar-refractivity contribution < 1.29 is 22.8 Å². The zero-order valence-corrected chi connectivity index (χ0v) is 15.1. The number of aromatic nitrogens is 3. The number of hydrogen-bond acceptors (Lipinski definition) is 4. The molecule has 10 heteroatoms. The average Bonchev–Trinajstić information content (AvgIpc) is 3.01. The minimum Gasteiger partial charge on any atom is -0.322 e. The SMILES string of the molecule is CC(=O)Cc1c[nH]n(-c2ccc(C(=O)Nc3ccc(C(F)(F)F)cc3)cn2)c1=O. The highest BCUT2D eigenvalue weighted by Crippen LogP contribution is 2.29. The third-order valence-corrected chi connectivity index (χ3v) is 3.99. The molecule has 0 atom stereocenters. The summed E-state index contributed by atoms with van der Waals surface area (Å²) in [5.41, 5.74) is -0.598. The molecule has 2 aromatic heterocycles. The summed E-state index contributed by atoms with van der Waals surface area (Å²) in [5.74, 6) is -0.507. The van der Waals surface area contributed by atoms with Crippen LogP contribution in [0.25, 0.3) is 5.82 Å². The number of hydrogen-bond donors (Lipinski definition) is 2. The lowest BCUT2D eigenvalue weighted by atomic mass is 10.2. The Bertz CT molecular complexity index is 1100. The molecule has 29 heavy (non-hydrogen) atoms. The summed E-state index contributed by atoms with van der Waals surface area (Å²) in [6.07, 6.45) is -1.82. The molecule has 1 amide bonds. The molecule has 0 aliphatic rings. The number of benzene rings is 1. The molecule has 0 radical (unpaired) electrons. The van der Waals surface area contributed by atoms with Crippen LogP contribution in [-0.4, -0.2) is 26.5 Å². The van der Waals surface area contributed by atoms with Gasteiger partial charge in [-0.2, -0.15) is 13.2 Å². The van der Waals surface area contributed by atoms with Crippen LogP contribution in [-0.2, 0) is 17.4 Å². The third kappa shape index (κ3) is 4.60. The Hall–Kier alpha value is -3.69. The highest BCUT2D eigenvalue weighted by Gasteiger charge is 2.30.